The smallest absolute Gasteiger partial charge is 0.271 e. The van der Waals surface area contributed by atoms with Crippen molar-refractivity contribution in [2.75, 3.05) is 27.0 Å². The molecule has 0 unspecified atom stereocenters. The summed E-state index contributed by atoms with van der Waals surface area (Å²) < 4.78 is 15.8. The Morgan fingerprint density at radius 1 is 1.06 bits per heavy atom. The Balaban J connectivity index is 1.16. The third-order valence-corrected chi connectivity index (χ3v) is 5.95. The van der Waals surface area contributed by atoms with Gasteiger partial charge in [-0.2, -0.15) is 5.10 Å². The summed E-state index contributed by atoms with van der Waals surface area (Å²) in [5.74, 6) is 1.74. The summed E-state index contributed by atoms with van der Waals surface area (Å²) in [6.45, 7) is 1.29. The number of nitrogens with one attached hydrogen (secondary N) is 2. The highest BCUT2D eigenvalue weighted by Gasteiger charge is 2.26. The molecule has 5 rings (SSSR count). The molecule has 9 nitrogen and oxygen atoms in total. The second-order valence-electron chi connectivity index (χ2n) is 8.00. The van der Waals surface area contributed by atoms with Crippen LogP contribution in [0.1, 0.15) is 33.7 Å². The molecule has 2 amide bonds. The van der Waals surface area contributed by atoms with E-state index in [1.54, 1.807) is 36.3 Å². The van der Waals surface area contributed by atoms with Crippen LogP contribution in [-0.4, -0.2) is 59.9 Å². The molecular weight excluding hydrogens is 424 g/mol. The van der Waals surface area contributed by atoms with Crippen LogP contribution in [0.2, 0.25) is 0 Å². The van der Waals surface area contributed by atoms with Crippen molar-refractivity contribution in [2.45, 2.75) is 18.9 Å². The SMILES string of the molecule is COc1ccc(-c2cc(C(=O)N3CCC(NC(=O)c4ccc5c(c4)OCO5)CC3)[nH]n2)cc1. The van der Waals surface area contributed by atoms with Crippen molar-refractivity contribution in [2.24, 2.45) is 0 Å². The van der Waals surface area contributed by atoms with Crippen LogP contribution >= 0.6 is 0 Å². The van der Waals surface area contributed by atoms with E-state index in [0.29, 0.717) is 54.4 Å². The molecule has 0 saturated carbocycles. The molecule has 9 heteroatoms. The number of piperidine rings is 1. The van der Waals surface area contributed by atoms with Gasteiger partial charge in [-0.1, -0.05) is 0 Å². The number of likely N-dealkylation sites (tertiary alicyclic amines) is 1. The zero-order valence-electron chi connectivity index (χ0n) is 18.2. The Labute approximate surface area is 190 Å². The van der Waals surface area contributed by atoms with E-state index in [-0.39, 0.29) is 24.6 Å². The van der Waals surface area contributed by atoms with Gasteiger partial charge in [-0.3, -0.25) is 14.7 Å². The molecule has 0 aliphatic carbocycles. The molecule has 170 valence electrons. The first kappa shape index (κ1) is 20.9. The van der Waals surface area contributed by atoms with E-state index in [1.807, 2.05) is 24.3 Å². The van der Waals surface area contributed by atoms with Crippen molar-refractivity contribution < 1.29 is 23.8 Å². The van der Waals surface area contributed by atoms with Crippen molar-refractivity contribution in [3.63, 3.8) is 0 Å². The lowest BCUT2D eigenvalue weighted by molar-refractivity contribution is 0.0692. The maximum absolute atomic E-state index is 12.9. The monoisotopic (exact) mass is 448 g/mol. The van der Waals surface area contributed by atoms with Crippen molar-refractivity contribution >= 4 is 11.8 Å². The number of H-pyrrole nitrogens is 1. The molecule has 2 aromatic carbocycles. The van der Waals surface area contributed by atoms with E-state index in [0.717, 1.165) is 11.3 Å². The first-order valence-corrected chi connectivity index (χ1v) is 10.8. The second kappa shape index (κ2) is 8.85. The Kier molecular flexibility index (Phi) is 5.60. The predicted molar refractivity (Wildman–Crippen MR) is 120 cm³/mol. The number of rotatable bonds is 5. The van der Waals surface area contributed by atoms with Crippen LogP contribution in [-0.2, 0) is 0 Å². The molecule has 0 bridgehead atoms. The van der Waals surface area contributed by atoms with Crippen LogP contribution in [0.4, 0.5) is 0 Å². The third-order valence-electron chi connectivity index (χ3n) is 5.95. The van der Waals surface area contributed by atoms with E-state index in [2.05, 4.69) is 15.5 Å². The molecule has 0 atom stereocenters. The minimum absolute atomic E-state index is 0.00333. The van der Waals surface area contributed by atoms with Gasteiger partial charge in [0.25, 0.3) is 11.8 Å². The number of nitrogens with zero attached hydrogens (tertiary/aromatic N) is 2. The first-order chi connectivity index (χ1) is 16.1. The van der Waals surface area contributed by atoms with Crippen LogP contribution in [0.15, 0.2) is 48.5 Å². The van der Waals surface area contributed by atoms with Crippen molar-refractivity contribution in [3.05, 3.63) is 59.8 Å². The van der Waals surface area contributed by atoms with Gasteiger partial charge >= 0.3 is 0 Å². The number of ether oxygens (including phenoxy) is 3. The van der Waals surface area contributed by atoms with Gasteiger partial charge in [0.2, 0.25) is 6.79 Å². The Morgan fingerprint density at radius 2 is 1.82 bits per heavy atom. The molecule has 3 aromatic rings. The highest BCUT2D eigenvalue weighted by atomic mass is 16.7. The van der Waals surface area contributed by atoms with Crippen LogP contribution in [0.25, 0.3) is 11.3 Å². The lowest BCUT2D eigenvalue weighted by Crippen LogP contribution is -2.46. The van der Waals surface area contributed by atoms with E-state index in [1.165, 1.54) is 0 Å². The standard InChI is InChI=1S/C24H24N4O5/c1-31-18-5-2-15(3-6-18)19-13-20(27-26-19)24(30)28-10-8-17(9-11-28)25-23(29)16-4-7-21-22(12-16)33-14-32-21/h2-7,12-13,17H,8-11,14H2,1H3,(H,25,29)(H,26,27). The highest BCUT2D eigenvalue weighted by Crippen LogP contribution is 2.32. The number of carbonyl (C=O) groups excluding carboxylic acids is 2. The number of amides is 2. The van der Waals surface area contributed by atoms with Gasteiger partial charge in [0.05, 0.1) is 12.8 Å². The van der Waals surface area contributed by atoms with Gasteiger partial charge in [-0.05, 0) is 61.4 Å². The van der Waals surface area contributed by atoms with E-state index in [4.69, 9.17) is 14.2 Å². The minimum atomic E-state index is -0.157. The number of fused-ring (bicyclic) bond motifs is 1. The molecule has 33 heavy (non-hydrogen) atoms. The highest BCUT2D eigenvalue weighted by molar-refractivity contribution is 5.95. The van der Waals surface area contributed by atoms with E-state index >= 15 is 0 Å². The predicted octanol–water partition coefficient (Wildman–Crippen LogP) is 2.85. The summed E-state index contributed by atoms with van der Waals surface area (Å²) in [7, 11) is 1.62. The number of aromatic nitrogens is 2. The fourth-order valence-corrected chi connectivity index (χ4v) is 4.04. The Hall–Kier alpha value is -4.01. The fraction of sp³-hybridized carbons (Fsp3) is 0.292. The molecule has 2 aliphatic heterocycles. The summed E-state index contributed by atoms with van der Waals surface area (Å²) in [6, 6.07) is 14.4. The first-order valence-electron chi connectivity index (χ1n) is 10.8. The van der Waals surface area contributed by atoms with Gasteiger partial charge in [-0.15, -0.1) is 0 Å². The molecule has 2 N–H and O–H groups in total. The van der Waals surface area contributed by atoms with Crippen LogP contribution in [0, 0.1) is 0 Å². The number of benzene rings is 2. The van der Waals surface area contributed by atoms with Crippen LogP contribution in [0.5, 0.6) is 17.2 Å². The molecule has 1 aromatic heterocycles. The number of aromatic amines is 1. The molecule has 1 fully saturated rings. The van der Waals surface area contributed by atoms with Crippen LogP contribution < -0.4 is 19.5 Å². The lowest BCUT2D eigenvalue weighted by atomic mass is 10.0. The number of carbonyl (C=O) groups is 2. The maximum Gasteiger partial charge on any atom is 0.271 e. The average molecular weight is 448 g/mol. The summed E-state index contributed by atoms with van der Waals surface area (Å²) in [5.41, 5.74) is 2.58. The van der Waals surface area contributed by atoms with Gasteiger partial charge in [0, 0.05) is 30.3 Å². The fourth-order valence-electron chi connectivity index (χ4n) is 4.04. The zero-order chi connectivity index (χ0) is 22.8. The van der Waals surface area contributed by atoms with Gasteiger partial charge in [-0.25, -0.2) is 0 Å². The molecule has 1 saturated heterocycles. The summed E-state index contributed by atoms with van der Waals surface area (Å²) >= 11 is 0. The van der Waals surface area contributed by atoms with Crippen molar-refractivity contribution in [3.8, 4) is 28.5 Å². The van der Waals surface area contributed by atoms with Gasteiger partial charge < -0.3 is 24.4 Å². The molecule has 2 aliphatic rings. The molecular formula is C24H24N4O5. The summed E-state index contributed by atoms with van der Waals surface area (Å²) in [6.07, 6.45) is 1.36. The maximum atomic E-state index is 12.9. The topological polar surface area (TPSA) is 106 Å². The third kappa shape index (κ3) is 4.34. The second-order valence-corrected chi connectivity index (χ2v) is 8.00. The zero-order valence-corrected chi connectivity index (χ0v) is 18.2. The van der Waals surface area contributed by atoms with E-state index < -0.39 is 0 Å². The summed E-state index contributed by atoms with van der Waals surface area (Å²) in [5, 5.41) is 10.2. The van der Waals surface area contributed by atoms with Crippen molar-refractivity contribution in [1.29, 1.82) is 0 Å². The number of methoxy groups -OCH3 is 1. The van der Waals surface area contributed by atoms with Crippen LogP contribution in [0.3, 0.4) is 0 Å². The van der Waals surface area contributed by atoms with Crippen molar-refractivity contribution in [1.82, 2.24) is 20.4 Å². The van der Waals surface area contributed by atoms with Gasteiger partial charge in [0.15, 0.2) is 11.5 Å². The van der Waals surface area contributed by atoms with Gasteiger partial charge in [0.1, 0.15) is 11.4 Å². The minimum Gasteiger partial charge on any atom is -0.497 e. The number of hydrogen-bond acceptors (Lipinski definition) is 6. The normalized spacial score (nSPS) is 15.4. The molecule has 3 heterocycles. The number of hydrogen-bond donors (Lipinski definition) is 2. The molecule has 0 spiro atoms. The Bertz CT molecular complexity index is 1170. The quantitative estimate of drug-likeness (QED) is 0.622. The summed E-state index contributed by atoms with van der Waals surface area (Å²) in [4.78, 5) is 27.3. The lowest BCUT2D eigenvalue weighted by Gasteiger charge is -2.32. The van der Waals surface area contributed by atoms with E-state index in [9.17, 15) is 9.59 Å². The Morgan fingerprint density at radius 3 is 2.58 bits per heavy atom. The molecule has 0 radical (unpaired) electrons. The average Bonchev–Trinajstić information content (AvgIpc) is 3.53. The largest absolute Gasteiger partial charge is 0.497 e.